The number of hydrogen-bond donors (Lipinski definition) is 1. The van der Waals surface area contributed by atoms with Gasteiger partial charge in [-0.3, -0.25) is 4.79 Å². The molecule has 0 fully saturated rings. The number of carbonyl (C=O) groups excluding carboxylic acids is 1. The van der Waals surface area contributed by atoms with Gasteiger partial charge in [-0.15, -0.1) is 0 Å². The van der Waals surface area contributed by atoms with Crippen LogP contribution in [0.2, 0.25) is 10.0 Å². The Morgan fingerprint density at radius 3 is 2.71 bits per heavy atom. The lowest BCUT2D eigenvalue weighted by molar-refractivity contribution is -0.154. The third kappa shape index (κ3) is 1.98. The van der Waals surface area contributed by atoms with Crippen LogP contribution in [0.25, 0.3) is 0 Å². The van der Waals surface area contributed by atoms with Crippen molar-refractivity contribution >= 4 is 35.0 Å². The number of ketones is 1. The predicted octanol–water partition coefficient (Wildman–Crippen LogP) is 2.80. The topological polar surface area (TPSA) is 63.6 Å². The molecule has 1 heterocycles. The van der Waals surface area contributed by atoms with E-state index in [0.717, 1.165) is 0 Å². The average Bonchev–Trinajstić information content (AvgIpc) is 2.20. The lowest BCUT2D eigenvalue weighted by atomic mass is 9.91. The molecule has 0 aromatic heterocycles. The first-order valence-electron chi connectivity index (χ1n) is 4.78. The Morgan fingerprint density at radius 2 is 2.12 bits per heavy atom. The maximum absolute atomic E-state index is 11.8. The summed E-state index contributed by atoms with van der Waals surface area (Å²) in [5.74, 6) is -1.47. The SMILES string of the molecule is CC1(C(=O)O)CC(=O)c2cc(Cl)cc(Cl)c2O1. The van der Waals surface area contributed by atoms with Gasteiger partial charge >= 0.3 is 5.97 Å². The summed E-state index contributed by atoms with van der Waals surface area (Å²) in [5.41, 5.74) is -1.36. The molecule has 1 aromatic carbocycles. The molecule has 0 saturated heterocycles. The highest BCUT2D eigenvalue weighted by Gasteiger charge is 2.43. The molecular formula is C11H8Cl2O4. The van der Waals surface area contributed by atoms with Gasteiger partial charge in [0.1, 0.15) is 0 Å². The van der Waals surface area contributed by atoms with Crippen LogP contribution >= 0.6 is 23.2 Å². The Balaban J connectivity index is 2.58. The summed E-state index contributed by atoms with van der Waals surface area (Å²) in [6.45, 7) is 1.33. The monoisotopic (exact) mass is 274 g/mol. The summed E-state index contributed by atoms with van der Waals surface area (Å²) < 4.78 is 5.33. The van der Waals surface area contributed by atoms with Crippen molar-refractivity contribution in [1.29, 1.82) is 0 Å². The molecule has 90 valence electrons. The number of carboxylic acid groups (broad SMARTS) is 1. The zero-order valence-electron chi connectivity index (χ0n) is 8.79. The van der Waals surface area contributed by atoms with E-state index in [-0.39, 0.29) is 28.5 Å². The number of fused-ring (bicyclic) bond motifs is 1. The van der Waals surface area contributed by atoms with Gasteiger partial charge in [-0.2, -0.15) is 0 Å². The number of rotatable bonds is 1. The Kier molecular flexibility index (Phi) is 2.79. The summed E-state index contributed by atoms with van der Waals surface area (Å²) in [6, 6.07) is 2.83. The molecule has 0 aliphatic carbocycles. The van der Waals surface area contributed by atoms with Crippen LogP contribution in [0, 0.1) is 0 Å². The second-order valence-corrected chi connectivity index (χ2v) is 4.85. The van der Waals surface area contributed by atoms with Crippen LogP contribution in [0.4, 0.5) is 0 Å². The van der Waals surface area contributed by atoms with Gasteiger partial charge in [0.15, 0.2) is 11.5 Å². The molecule has 1 aliphatic heterocycles. The maximum Gasteiger partial charge on any atom is 0.348 e. The van der Waals surface area contributed by atoms with Crippen LogP contribution in [0.5, 0.6) is 5.75 Å². The van der Waals surface area contributed by atoms with Gasteiger partial charge in [-0.1, -0.05) is 23.2 Å². The van der Waals surface area contributed by atoms with Crippen molar-refractivity contribution in [2.24, 2.45) is 0 Å². The Morgan fingerprint density at radius 1 is 1.47 bits per heavy atom. The van der Waals surface area contributed by atoms with E-state index in [1.807, 2.05) is 0 Å². The molecule has 17 heavy (non-hydrogen) atoms. The van der Waals surface area contributed by atoms with Crippen molar-refractivity contribution in [3.63, 3.8) is 0 Å². The molecular weight excluding hydrogens is 267 g/mol. The highest BCUT2D eigenvalue weighted by molar-refractivity contribution is 6.36. The minimum absolute atomic E-state index is 0.0808. The molecule has 6 heteroatoms. The van der Waals surface area contributed by atoms with Gasteiger partial charge in [0.05, 0.1) is 17.0 Å². The summed E-state index contributed by atoms with van der Waals surface area (Å²) in [5, 5.41) is 9.48. The second kappa shape index (κ2) is 3.89. The fraction of sp³-hybridized carbons (Fsp3) is 0.273. The minimum Gasteiger partial charge on any atom is -0.478 e. The quantitative estimate of drug-likeness (QED) is 0.855. The molecule has 1 aliphatic rings. The number of carboxylic acids is 1. The summed E-state index contributed by atoms with van der Waals surface area (Å²) in [7, 11) is 0. The largest absolute Gasteiger partial charge is 0.478 e. The zero-order chi connectivity index (χ0) is 12.8. The number of aliphatic carboxylic acids is 1. The minimum atomic E-state index is -1.58. The molecule has 2 rings (SSSR count). The van der Waals surface area contributed by atoms with Crippen LogP contribution in [-0.2, 0) is 4.79 Å². The Bertz CT molecular complexity index is 526. The van der Waals surface area contributed by atoms with Gasteiger partial charge in [0.2, 0.25) is 5.60 Å². The van der Waals surface area contributed by atoms with Crippen molar-refractivity contribution in [3.05, 3.63) is 27.7 Å². The number of hydrogen-bond acceptors (Lipinski definition) is 3. The summed E-state index contributed by atoms with van der Waals surface area (Å²) in [6.07, 6.45) is -0.244. The Hall–Kier alpha value is -1.26. The summed E-state index contributed by atoms with van der Waals surface area (Å²) >= 11 is 11.7. The van der Waals surface area contributed by atoms with E-state index in [2.05, 4.69) is 0 Å². The fourth-order valence-corrected chi connectivity index (χ4v) is 2.19. The number of carbonyl (C=O) groups is 2. The number of benzene rings is 1. The molecule has 4 nitrogen and oxygen atoms in total. The van der Waals surface area contributed by atoms with E-state index in [4.69, 9.17) is 33.0 Å². The highest BCUT2D eigenvalue weighted by Crippen LogP contribution is 2.40. The molecule has 1 unspecified atom stereocenters. The zero-order valence-corrected chi connectivity index (χ0v) is 10.3. The van der Waals surface area contributed by atoms with Crippen molar-refractivity contribution < 1.29 is 19.4 Å². The smallest absolute Gasteiger partial charge is 0.348 e. The van der Waals surface area contributed by atoms with E-state index in [9.17, 15) is 9.59 Å². The van der Waals surface area contributed by atoms with Crippen LogP contribution in [0.1, 0.15) is 23.7 Å². The molecule has 0 saturated carbocycles. The van der Waals surface area contributed by atoms with Gasteiger partial charge < -0.3 is 9.84 Å². The van der Waals surface area contributed by atoms with Gasteiger partial charge in [0.25, 0.3) is 0 Å². The van der Waals surface area contributed by atoms with Crippen molar-refractivity contribution in [1.82, 2.24) is 0 Å². The van der Waals surface area contributed by atoms with Crippen LogP contribution in [-0.4, -0.2) is 22.5 Å². The van der Waals surface area contributed by atoms with E-state index < -0.39 is 11.6 Å². The van der Waals surface area contributed by atoms with Crippen molar-refractivity contribution in [2.75, 3.05) is 0 Å². The molecule has 0 amide bonds. The van der Waals surface area contributed by atoms with E-state index >= 15 is 0 Å². The third-order valence-corrected chi connectivity index (χ3v) is 3.09. The maximum atomic E-state index is 11.8. The van der Waals surface area contributed by atoms with Crippen molar-refractivity contribution in [3.8, 4) is 5.75 Å². The molecule has 1 N–H and O–H groups in total. The number of Topliss-reactive ketones (excluding diaryl/α,β-unsaturated/α-hetero) is 1. The molecule has 0 radical (unpaired) electrons. The number of ether oxygens (including phenoxy) is 1. The van der Waals surface area contributed by atoms with E-state index in [1.54, 1.807) is 0 Å². The van der Waals surface area contributed by atoms with E-state index in [1.165, 1.54) is 19.1 Å². The van der Waals surface area contributed by atoms with Gasteiger partial charge in [-0.05, 0) is 19.1 Å². The molecule has 1 aromatic rings. The van der Waals surface area contributed by atoms with Crippen molar-refractivity contribution in [2.45, 2.75) is 18.9 Å². The third-order valence-electron chi connectivity index (χ3n) is 2.59. The summed E-state index contributed by atoms with van der Waals surface area (Å²) in [4.78, 5) is 22.9. The van der Waals surface area contributed by atoms with E-state index in [0.29, 0.717) is 5.02 Å². The standard InChI is InChI=1S/C11H8Cl2O4/c1-11(10(15)16)4-8(14)6-2-5(12)3-7(13)9(6)17-11/h2-3H,4H2,1H3,(H,15,16). The number of halogens is 2. The van der Waals surface area contributed by atoms with Crippen LogP contribution in [0.3, 0.4) is 0 Å². The predicted molar refractivity (Wildman–Crippen MR) is 62.1 cm³/mol. The van der Waals surface area contributed by atoms with Crippen LogP contribution in [0.15, 0.2) is 12.1 Å². The normalized spacial score (nSPS) is 22.9. The molecule has 1 atom stereocenters. The second-order valence-electron chi connectivity index (χ2n) is 4.00. The lowest BCUT2D eigenvalue weighted by Gasteiger charge is -2.31. The Labute approximate surface area is 107 Å². The van der Waals surface area contributed by atoms with Crippen LogP contribution < -0.4 is 4.74 Å². The van der Waals surface area contributed by atoms with Gasteiger partial charge in [-0.25, -0.2) is 4.79 Å². The highest BCUT2D eigenvalue weighted by atomic mass is 35.5. The first-order chi connectivity index (χ1) is 7.83. The first-order valence-corrected chi connectivity index (χ1v) is 5.54. The van der Waals surface area contributed by atoms with Gasteiger partial charge in [0, 0.05) is 5.02 Å². The fourth-order valence-electron chi connectivity index (χ4n) is 1.65. The average molecular weight is 275 g/mol. The molecule has 0 spiro atoms. The lowest BCUT2D eigenvalue weighted by Crippen LogP contribution is -2.46. The first kappa shape index (κ1) is 12.2. The molecule has 0 bridgehead atoms.